The van der Waals surface area contributed by atoms with Crippen LogP contribution in [0.2, 0.25) is 0 Å². The van der Waals surface area contributed by atoms with E-state index in [0.717, 1.165) is 10.5 Å². The van der Waals surface area contributed by atoms with Gasteiger partial charge in [0.2, 0.25) is 5.16 Å². The third kappa shape index (κ3) is 3.74. The molecule has 19 heavy (non-hydrogen) atoms. The number of benzene rings is 1. The highest BCUT2D eigenvalue weighted by atomic mass is 32.2. The molecule has 0 spiro atoms. The molecule has 7 heteroatoms. The lowest BCUT2D eigenvalue weighted by atomic mass is 10.2. The van der Waals surface area contributed by atoms with Crippen molar-refractivity contribution in [1.82, 2.24) is 25.5 Å². The van der Waals surface area contributed by atoms with Crippen LogP contribution in [0, 0.1) is 5.82 Å². The number of nitrogens with one attached hydrogen (secondary N) is 1. The number of halogens is 1. The maximum Gasteiger partial charge on any atom is 0.213 e. The first-order chi connectivity index (χ1) is 9.06. The summed E-state index contributed by atoms with van der Waals surface area (Å²) >= 11 is 1.43. The number of tetrazole rings is 1. The van der Waals surface area contributed by atoms with E-state index >= 15 is 0 Å². The van der Waals surface area contributed by atoms with Crippen molar-refractivity contribution in [3.63, 3.8) is 0 Å². The van der Waals surface area contributed by atoms with Crippen LogP contribution in [-0.4, -0.2) is 26.2 Å². The Kier molecular flexibility index (Phi) is 4.49. The number of aryl methyl sites for hydroxylation is 1. The van der Waals surface area contributed by atoms with Gasteiger partial charge in [-0.15, -0.1) is 5.10 Å². The van der Waals surface area contributed by atoms with E-state index in [0.29, 0.717) is 17.7 Å². The molecule has 0 fully saturated rings. The largest absolute Gasteiger partial charge is 0.310 e. The molecule has 0 amide bonds. The Bertz CT molecular complexity index is 555. The number of hydrogen-bond acceptors (Lipinski definition) is 5. The molecule has 0 saturated heterocycles. The number of aromatic nitrogens is 4. The van der Waals surface area contributed by atoms with E-state index in [1.165, 1.54) is 17.8 Å². The third-order valence-corrected chi connectivity index (χ3v) is 3.65. The highest BCUT2D eigenvalue weighted by Crippen LogP contribution is 2.28. The van der Waals surface area contributed by atoms with Gasteiger partial charge in [0, 0.05) is 24.5 Å². The normalized spacial score (nSPS) is 11.2. The zero-order chi connectivity index (χ0) is 13.8. The van der Waals surface area contributed by atoms with Gasteiger partial charge in [-0.3, -0.25) is 0 Å². The number of rotatable bonds is 5. The van der Waals surface area contributed by atoms with Crippen molar-refractivity contribution in [2.45, 2.75) is 36.5 Å². The minimum atomic E-state index is -0.235. The molecule has 2 aromatic rings. The van der Waals surface area contributed by atoms with Gasteiger partial charge in [-0.05, 0) is 46.0 Å². The van der Waals surface area contributed by atoms with Gasteiger partial charge < -0.3 is 5.32 Å². The highest BCUT2D eigenvalue weighted by molar-refractivity contribution is 7.99. The first-order valence-corrected chi connectivity index (χ1v) is 6.80. The minimum Gasteiger partial charge on any atom is -0.310 e. The summed E-state index contributed by atoms with van der Waals surface area (Å²) < 4.78 is 14.9. The first-order valence-electron chi connectivity index (χ1n) is 5.98. The Balaban J connectivity index is 2.21. The van der Waals surface area contributed by atoms with Gasteiger partial charge >= 0.3 is 0 Å². The van der Waals surface area contributed by atoms with E-state index in [-0.39, 0.29) is 5.82 Å². The molecule has 0 saturated carbocycles. The van der Waals surface area contributed by atoms with Crippen LogP contribution in [0.1, 0.15) is 19.4 Å². The van der Waals surface area contributed by atoms with Crippen LogP contribution < -0.4 is 5.32 Å². The summed E-state index contributed by atoms with van der Waals surface area (Å²) in [5.74, 6) is -0.235. The lowest BCUT2D eigenvalue weighted by Crippen LogP contribution is -2.22. The van der Waals surface area contributed by atoms with Crippen molar-refractivity contribution in [3.8, 4) is 0 Å². The van der Waals surface area contributed by atoms with Crippen LogP contribution in [0.3, 0.4) is 0 Å². The van der Waals surface area contributed by atoms with Gasteiger partial charge in [0.05, 0.1) is 0 Å². The topological polar surface area (TPSA) is 55.6 Å². The molecule has 0 aliphatic carbocycles. The number of hydrogen-bond donors (Lipinski definition) is 1. The Morgan fingerprint density at radius 3 is 2.84 bits per heavy atom. The lowest BCUT2D eigenvalue weighted by molar-refractivity contribution is 0.576. The average Bonchev–Trinajstić information content (AvgIpc) is 2.75. The van der Waals surface area contributed by atoms with Gasteiger partial charge in [0.25, 0.3) is 0 Å². The van der Waals surface area contributed by atoms with E-state index in [1.807, 2.05) is 0 Å². The van der Waals surface area contributed by atoms with Crippen LogP contribution in [0.5, 0.6) is 0 Å². The van der Waals surface area contributed by atoms with Gasteiger partial charge in [-0.1, -0.05) is 13.8 Å². The van der Waals surface area contributed by atoms with Crippen molar-refractivity contribution in [2.75, 3.05) is 0 Å². The summed E-state index contributed by atoms with van der Waals surface area (Å²) in [5.41, 5.74) is 0.904. The Hall–Kier alpha value is -1.47. The second-order valence-electron chi connectivity index (χ2n) is 4.47. The summed E-state index contributed by atoms with van der Waals surface area (Å²) in [7, 11) is 1.78. The fraction of sp³-hybridized carbons (Fsp3) is 0.417. The molecule has 0 radical (unpaired) electrons. The van der Waals surface area contributed by atoms with E-state index in [9.17, 15) is 4.39 Å². The molecule has 0 unspecified atom stereocenters. The third-order valence-electron chi connectivity index (χ3n) is 2.51. The monoisotopic (exact) mass is 281 g/mol. The van der Waals surface area contributed by atoms with Gasteiger partial charge in [0.15, 0.2) is 0 Å². The lowest BCUT2D eigenvalue weighted by Gasteiger charge is -2.12. The number of nitrogens with zero attached hydrogens (tertiary/aromatic N) is 4. The molecule has 1 aromatic carbocycles. The summed E-state index contributed by atoms with van der Waals surface area (Å²) in [6.45, 7) is 4.72. The molecule has 2 rings (SSSR count). The smallest absolute Gasteiger partial charge is 0.213 e. The SMILES string of the molecule is CC(C)NCc1cc(F)ccc1Sc1nnnn1C. The van der Waals surface area contributed by atoms with Gasteiger partial charge in [-0.2, -0.15) is 0 Å². The maximum atomic E-state index is 13.3. The van der Waals surface area contributed by atoms with Crippen LogP contribution in [0.15, 0.2) is 28.3 Å². The molecular formula is C12H16FN5S. The van der Waals surface area contributed by atoms with E-state index in [1.54, 1.807) is 23.9 Å². The van der Waals surface area contributed by atoms with Crippen molar-refractivity contribution in [3.05, 3.63) is 29.6 Å². The molecule has 0 bridgehead atoms. The fourth-order valence-corrected chi connectivity index (χ4v) is 2.35. The van der Waals surface area contributed by atoms with Crippen LogP contribution >= 0.6 is 11.8 Å². The summed E-state index contributed by atoms with van der Waals surface area (Å²) in [6.07, 6.45) is 0. The summed E-state index contributed by atoms with van der Waals surface area (Å²) in [5, 5.41) is 15.3. The minimum absolute atomic E-state index is 0.235. The van der Waals surface area contributed by atoms with Crippen molar-refractivity contribution in [2.24, 2.45) is 7.05 Å². The second kappa shape index (κ2) is 6.12. The molecule has 0 aliphatic rings. The van der Waals surface area contributed by atoms with Crippen LogP contribution in [0.25, 0.3) is 0 Å². The standard InChI is InChI=1S/C12H16FN5S/c1-8(2)14-7-9-6-10(13)4-5-11(9)19-12-15-16-17-18(12)3/h4-6,8,14H,7H2,1-3H3. The molecule has 1 heterocycles. The van der Waals surface area contributed by atoms with E-state index in [4.69, 9.17) is 0 Å². The molecule has 0 atom stereocenters. The van der Waals surface area contributed by atoms with Crippen molar-refractivity contribution < 1.29 is 4.39 Å². The molecular weight excluding hydrogens is 265 g/mol. The van der Waals surface area contributed by atoms with Gasteiger partial charge in [0.1, 0.15) is 5.82 Å². The molecule has 0 aliphatic heterocycles. The van der Waals surface area contributed by atoms with Crippen LogP contribution in [-0.2, 0) is 13.6 Å². The predicted octanol–water partition coefficient (Wildman–Crippen LogP) is 2.00. The Morgan fingerprint density at radius 1 is 1.42 bits per heavy atom. The maximum absolute atomic E-state index is 13.3. The Labute approximate surface area is 115 Å². The van der Waals surface area contributed by atoms with Crippen molar-refractivity contribution in [1.29, 1.82) is 0 Å². The first kappa shape index (κ1) is 14.0. The fourth-order valence-electron chi connectivity index (χ4n) is 1.51. The summed E-state index contributed by atoms with van der Waals surface area (Å²) in [4.78, 5) is 0.951. The summed E-state index contributed by atoms with van der Waals surface area (Å²) in [6, 6.07) is 5.09. The van der Waals surface area contributed by atoms with Crippen molar-refractivity contribution >= 4 is 11.8 Å². The Morgan fingerprint density at radius 2 is 2.21 bits per heavy atom. The molecule has 102 valence electrons. The quantitative estimate of drug-likeness (QED) is 0.908. The van der Waals surface area contributed by atoms with E-state index in [2.05, 4.69) is 34.7 Å². The highest BCUT2D eigenvalue weighted by Gasteiger charge is 2.10. The molecule has 1 N–H and O–H groups in total. The predicted molar refractivity (Wildman–Crippen MR) is 71.3 cm³/mol. The van der Waals surface area contributed by atoms with Gasteiger partial charge in [-0.25, -0.2) is 9.07 Å². The zero-order valence-corrected chi connectivity index (χ0v) is 11.9. The zero-order valence-electron chi connectivity index (χ0n) is 11.1. The van der Waals surface area contributed by atoms with E-state index < -0.39 is 0 Å². The van der Waals surface area contributed by atoms with Crippen LogP contribution in [0.4, 0.5) is 4.39 Å². The molecule has 1 aromatic heterocycles. The average molecular weight is 281 g/mol. The second-order valence-corrected chi connectivity index (χ2v) is 5.48. The molecule has 5 nitrogen and oxygen atoms in total.